The number of nitrogens with zero attached hydrogens (tertiary/aromatic N) is 1. The number of carbonyl (C=O) groups excluding carboxylic acids is 2. The summed E-state index contributed by atoms with van der Waals surface area (Å²) in [5, 5.41) is 12.3. The number of guanidine groups is 1. The molecular formula is C18H26IN5O2. The van der Waals surface area contributed by atoms with Gasteiger partial charge < -0.3 is 21.3 Å². The van der Waals surface area contributed by atoms with Crippen molar-refractivity contribution in [3.63, 3.8) is 0 Å². The van der Waals surface area contributed by atoms with Crippen molar-refractivity contribution in [1.82, 2.24) is 16.0 Å². The van der Waals surface area contributed by atoms with Gasteiger partial charge in [0.05, 0.1) is 0 Å². The molecule has 8 heteroatoms. The molecule has 1 saturated carbocycles. The van der Waals surface area contributed by atoms with Gasteiger partial charge in [0.25, 0.3) is 0 Å². The van der Waals surface area contributed by atoms with E-state index in [0.29, 0.717) is 32.0 Å². The number of aliphatic imine (C=N–C) groups is 1. The number of rotatable bonds is 6. The third-order valence-corrected chi connectivity index (χ3v) is 4.51. The fourth-order valence-corrected chi connectivity index (χ4v) is 2.98. The predicted octanol–water partition coefficient (Wildman–Crippen LogP) is 1.42. The quantitative estimate of drug-likeness (QED) is 0.219. The largest absolute Gasteiger partial charge is 0.356 e. The number of anilines is 1. The first-order valence-electron chi connectivity index (χ1n) is 8.78. The molecule has 0 spiro atoms. The highest BCUT2D eigenvalue weighted by Gasteiger charge is 2.29. The van der Waals surface area contributed by atoms with Gasteiger partial charge in [-0.25, -0.2) is 0 Å². The molecule has 1 heterocycles. The minimum absolute atomic E-state index is 0. The lowest BCUT2D eigenvalue weighted by Gasteiger charge is -2.26. The molecule has 4 N–H and O–H groups in total. The van der Waals surface area contributed by atoms with E-state index >= 15 is 0 Å². The monoisotopic (exact) mass is 471 g/mol. The summed E-state index contributed by atoms with van der Waals surface area (Å²) in [5.74, 6) is 1.20. The topological polar surface area (TPSA) is 94.6 Å². The summed E-state index contributed by atoms with van der Waals surface area (Å²) in [7, 11) is 1.71. The van der Waals surface area contributed by atoms with Crippen LogP contribution >= 0.6 is 24.0 Å². The number of nitrogens with one attached hydrogen (secondary N) is 4. The number of fused-ring (bicyclic) bond motifs is 1. The van der Waals surface area contributed by atoms with Crippen LogP contribution in [0.4, 0.5) is 5.69 Å². The van der Waals surface area contributed by atoms with Gasteiger partial charge in [0.1, 0.15) is 0 Å². The summed E-state index contributed by atoms with van der Waals surface area (Å²) in [6.45, 7) is 1.81. The van der Waals surface area contributed by atoms with Gasteiger partial charge in [-0.3, -0.25) is 14.6 Å². The third-order valence-electron chi connectivity index (χ3n) is 4.51. The van der Waals surface area contributed by atoms with Crippen molar-refractivity contribution in [3.8, 4) is 0 Å². The predicted molar refractivity (Wildman–Crippen MR) is 113 cm³/mol. The van der Waals surface area contributed by atoms with Crippen LogP contribution in [0.2, 0.25) is 0 Å². The first kappa shape index (κ1) is 20.5. The van der Waals surface area contributed by atoms with Gasteiger partial charge in [0.15, 0.2) is 5.96 Å². The van der Waals surface area contributed by atoms with Crippen LogP contribution in [0, 0.1) is 5.92 Å². The van der Waals surface area contributed by atoms with Gasteiger partial charge in [0.2, 0.25) is 11.8 Å². The standard InChI is InChI=1S/C18H25N5O2.HI/c1-19-18(21-9-8-20-17(25)12-6-7-12)22-11-13-10-16(24)23-15-5-3-2-4-14(13)15;/h2-5,12-13H,6-11H2,1H3,(H,20,25)(H,23,24)(H2,19,21,22);1H. The molecule has 1 aliphatic heterocycles. The number of amides is 2. The highest BCUT2D eigenvalue weighted by Crippen LogP contribution is 2.31. The molecule has 3 rings (SSSR count). The van der Waals surface area contributed by atoms with Crippen molar-refractivity contribution in [2.45, 2.75) is 25.2 Å². The molecule has 7 nitrogen and oxygen atoms in total. The van der Waals surface area contributed by atoms with Gasteiger partial charge in [-0.2, -0.15) is 0 Å². The van der Waals surface area contributed by atoms with Crippen LogP contribution in [-0.4, -0.2) is 44.5 Å². The number of halogens is 1. The highest BCUT2D eigenvalue weighted by atomic mass is 127. The van der Waals surface area contributed by atoms with E-state index in [4.69, 9.17) is 0 Å². The number of benzene rings is 1. The van der Waals surface area contributed by atoms with Crippen LogP contribution < -0.4 is 21.3 Å². The van der Waals surface area contributed by atoms with Crippen molar-refractivity contribution in [2.24, 2.45) is 10.9 Å². The Balaban J connectivity index is 0.00000243. The molecule has 2 aliphatic rings. The van der Waals surface area contributed by atoms with Crippen LogP contribution in [-0.2, 0) is 9.59 Å². The summed E-state index contributed by atoms with van der Waals surface area (Å²) in [5.41, 5.74) is 2.03. The van der Waals surface area contributed by atoms with Crippen molar-refractivity contribution in [1.29, 1.82) is 0 Å². The molecule has 0 bridgehead atoms. The number of hydrogen-bond donors (Lipinski definition) is 4. The minimum Gasteiger partial charge on any atom is -0.356 e. The molecule has 1 unspecified atom stereocenters. The van der Waals surface area contributed by atoms with Gasteiger partial charge in [-0.05, 0) is 24.5 Å². The van der Waals surface area contributed by atoms with E-state index in [9.17, 15) is 9.59 Å². The second-order valence-corrected chi connectivity index (χ2v) is 6.48. The molecule has 1 aromatic rings. The average Bonchev–Trinajstić information content (AvgIpc) is 3.45. The zero-order valence-electron chi connectivity index (χ0n) is 14.9. The molecule has 142 valence electrons. The zero-order chi connectivity index (χ0) is 17.6. The van der Waals surface area contributed by atoms with Crippen molar-refractivity contribution in [3.05, 3.63) is 29.8 Å². The van der Waals surface area contributed by atoms with Crippen LogP contribution in [0.1, 0.15) is 30.7 Å². The Hall–Kier alpha value is -1.84. The first-order valence-corrected chi connectivity index (χ1v) is 8.78. The second kappa shape index (κ2) is 9.75. The molecule has 1 atom stereocenters. The van der Waals surface area contributed by atoms with Crippen molar-refractivity contribution in [2.75, 3.05) is 32.0 Å². The van der Waals surface area contributed by atoms with E-state index in [1.54, 1.807) is 7.05 Å². The molecule has 1 fully saturated rings. The van der Waals surface area contributed by atoms with E-state index in [1.807, 2.05) is 24.3 Å². The summed E-state index contributed by atoms with van der Waals surface area (Å²) >= 11 is 0. The maximum absolute atomic E-state index is 11.9. The first-order chi connectivity index (χ1) is 12.2. The lowest BCUT2D eigenvalue weighted by atomic mass is 9.90. The fourth-order valence-electron chi connectivity index (χ4n) is 2.98. The second-order valence-electron chi connectivity index (χ2n) is 6.48. The summed E-state index contributed by atoms with van der Waals surface area (Å²) < 4.78 is 0. The SMILES string of the molecule is CN=C(NCCNC(=O)C1CC1)NCC1CC(=O)Nc2ccccc21.I. The smallest absolute Gasteiger partial charge is 0.225 e. The molecular weight excluding hydrogens is 445 g/mol. The Morgan fingerprint density at radius 2 is 1.92 bits per heavy atom. The molecule has 26 heavy (non-hydrogen) atoms. The van der Waals surface area contributed by atoms with E-state index in [0.717, 1.165) is 24.1 Å². The van der Waals surface area contributed by atoms with E-state index in [-0.39, 0.29) is 47.6 Å². The van der Waals surface area contributed by atoms with Crippen LogP contribution in [0.5, 0.6) is 0 Å². The molecule has 0 saturated heterocycles. The molecule has 0 radical (unpaired) electrons. The lowest BCUT2D eigenvalue weighted by molar-refractivity contribution is -0.122. The van der Waals surface area contributed by atoms with Crippen molar-refractivity contribution < 1.29 is 9.59 Å². The Kier molecular flexibility index (Phi) is 7.67. The van der Waals surface area contributed by atoms with E-state index in [1.165, 1.54) is 0 Å². The van der Waals surface area contributed by atoms with E-state index < -0.39 is 0 Å². The normalized spacial score (nSPS) is 18.9. The Labute approximate surface area is 170 Å². The maximum atomic E-state index is 11.9. The fraction of sp³-hybridized carbons (Fsp3) is 0.500. The Morgan fingerprint density at radius 3 is 2.65 bits per heavy atom. The number of hydrogen-bond acceptors (Lipinski definition) is 3. The van der Waals surface area contributed by atoms with Gasteiger partial charge in [0, 0.05) is 50.6 Å². The zero-order valence-corrected chi connectivity index (χ0v) is 17.2. The Bertz CT molecular complexity index is 675. The van der Waals surface area contributed by atoms with Gasteiger partial charge >= 0.3 is 0 Å². The summed E-state index contributed by atoms with van der Waals surface area (Å²) in [6, 6.07) is 7.88. The van der Waals surface area contributed by atoms with E-state index in [2.05, 4.69) is 26.3 Å². The van der Waals surface area contributed by atoms with Crippen LogP contribution in [0.15, 0.2) is 29.3 Å². The molecule has 0 aromatic heterocycles. The van der Waals surface area contributed by atoms with Crippen LogP contribution in [0.25, 0.3) is 0 Å². The number of carbonyl (C=O) groups is 2. The Morgan fingerprint density at radius 1 is 1.19 bits per heavy atom. The maximum Gasteiger partial charge on any atom is 0.225 e. The molecule has 1 aromatic carbocycles. The van der Waals surface area contributed by atoms with Gasteiger partial charge in [-0.15, -0.1) is 24.0 Å². The minimum atomic E-state index is 0. The summed E-state index contributed by atoms with van der Waals surface area (Å²) in [4.78, 5) is 27.6. The number of para-hydroxylation sites is 1. The van der Waals surface area contributed by atoms with Crippen LogP contribution in [0.3, 0.4) is 0 Å². The highest BCUT2D eigenvalue weighted by molar-refractivity contribution is 14.0. The van der Waals surface area contributed by atoms with Crippen molar-refractivity contribution >= 4 is 47.4 Å². The molecule has 1 aliphatic carbocycles. The third kappa shape index (κ3) is 5.58. The lowest BCUT2D eigenvalue weighted by Crippen LogP contribution is -2.43. The average molecular weight is 471 g/mol. The molecule has 2 amide bonds. The summed E-state index contributed by atoms with van der Waals surface area (Å²) in [6.07, 6.45) is 2.48. The van der Waals surface area contributed by atoms with Gasteiger partial charge in [-0.1, -0.05) is 18.2 Å².